The minimum Gasteiger partial charge on any atom is -0.465 e. The van der Waals surface area contributed by atoms with Gasteiger partial charge in [0.25, 0.3) is 0 Å². The molecule has 0 aliphatic heterocycles. The first kappa shape index (κ1) is 14.5. The highest BCUT2D eigenvalue weighted by molar-refractivity contribution is 9.10. The van der Waals surface area contributed by atoms with Crippen LogP contribution in [0, 0.1) is 12.7 Å². The van der Waals surface area contributed by atoms with E-state index in [0.29, 0.717) is 5.75 Å². The molecule has 6 heteroatoms. The van der Waals surface area contributed by atoms with Crippen molar-refractivity contribution in [3.8, 4) is 11.5 Å². The molecule has 0 unspecified atom stereocenters. The van der Waals surface area contributed by atoms with Crippen LogP contribution in [0.2, 0.25) is 0 Å². The van der Waals surface area contributed by atoms with Crippen LogP contribution in [0.3, 0.4) is 0 Å². The second-order valence-electron chi connectivity index (χ2n) is 3.97. The number of ether oxygens (including phenoxy) is 2. The van der Waals surface area contributed by atoms with Crippen molar-refractivity contribution in [2.24, 2.45) is 0 Å². The van der Waals surface area contributed by atoms with E-state index in [4.69, 9.17) is 4.74 Å². The number of carbonyl (C=O) groups is 1. The van der Waals surface area contributed by atoms with Gasteiger partial charge in [0, 0.05) is 18.0 Å². The van der Waals surface area contributed by atoms with Gasteiger partial charge < -0.3 is 9.47 Å². The van der Waals surface area contributed by atoms with Crippen LogP contribution in [-0.2, 0) is 4.74 Å². The predicted octanol–water partition coefficient (Wildman–Crippen LogP) is 3.87. The first-order chi connectivity index (χ1) is 9.52. The standard InChI is InChI=1S/C14H11BrFNO3/c1-8-7-9(5-6-17-8)20-11-4-3-10(14(18)19-2)13(16)12(11)15/h3-7H,1-2H3. The van der Waals surface area contributed by atoms with Gasteiger partial charge in [-0.1, -0.05) is 0 Å². The molecule has 0 bridgehead atoms. The second kappa shape index (κ2) is 6.00. The van der Waals surface area contributed by atoms with Crippen molar-refractivity contribution in [3.63, 3.8) is 0 Å². The molecule has 2 aromatic rings. The lowest BCUT2D eigenvalue weighted by Gasteiger charge is -2.10. The summed E-state index contributed by atoms with van der Waals surface area (Å²) in [5.74, 6) is -0.668. The molecule has 0 atom stereocenters. The van der Waals surface area contributed by atoms with E-state index in [2.05, 4.69) is 25.7 Å². The molecule has 20 heavy (non-hydrogen) atoms. The van der Waals surface area contributed by atoms with Gasteiger partial charge in [-0.15, -0.1) is 0 Å². The summed E-state index contributed by atoms with van der Waals surface area (Å²) >= 11 is 3.08. The lowest BCUT2D eigenvalue weighted by atomic mass is 10.2. The fourth-order valence-electron chi connectivity index (χ4n) is 1.59. The van der Waals surface area contributed by atoms with Gasteiger partial charge in [-0.25, -0.2) is 9.18 Å². The first-order valence-electron chi connectivity index (χ1n) is 5.69. The van der Waals surface area contributed by atoms with E-state index < -0.39 is 11.8 Å². The van der Waals surface area contributed by atoms with Crippen LogP contribution in [0.5, 0.6) is 11.5 Å². The Balaban J connectivity index is 2.35. The highest BCUT2D eigenvalue weighted by atomic mass is 79.9. The van der Waals surface area contributed by atoms with E-state index in [0.717, 1.165) is 5.69 Å². The molecule has 0 saturated carbocycles. The molecule has 0 spiro atoms. The van der Waals surface area contributed by atoms with E-state index in [1.54, 1.807) is 18.3 Å². The largest absolute Gasteiger partial charge is 0.465 e. The molecular formula is C14H11BrFNO3. The third kappa shape index (κ3) is 2.96. The number of rotatable bonds is 3. The van der Waals surface area contributed by atoms with Crippen molar-refractivity contribution in [3.05, 3.63) is 52.0 Å². The monoisotopic (exact) mass is 339 g/mol. The summed E-state index contributed by atoms with van der Waals surface area (Å²) in [5, 5.41) is 0. The average molecular weight is 340 g/mol. The number of aromatic nitrogens is 1. The first-order valence-corrected chi connectivity index (χ1v) is 6.49. The molecule has 2 rings (SSSR count). The van der Waals surface area contributed by atoms with Crippen LogP contribution in [-0.4, -0.2) is 18.1 Å². The van der Waals surface area contributed by atoms with Gasteiger partial charge in [0.05, 0.1) is 17.1 Å². The topological polar surface area (TPSA) is 48.4 Å². The molecule has 0 aliphatic carbocycles. The van der Waals surface area contributed by atoms with Crippen LogP contribution < -0.4 is 4.74 Å². The third-order valence-electron chi connectivity index (χ3n) is 2.55. The Morgan fingerprint density at radius 1 is 1.35 bits per heavy atom. The number of nitrogens with zero attached hydrogens (tertiary/aromatic N) is 1. The van der Waals surface area contributed by atoms with E-state index in [9.17, 15) is 9.18 Å². The Kier molecular flexibility index (Phi) is 4.34. The number of benzene rings is 1. The molecule has 1 aromatic heterocycles. The van der Waals surface area contributed by atoms with Gasteiger partial charge >= 0.3 is 5.97 Å². The molecule has 0 saturated heterocycles. The maximum absolute atomic E-state index is 14.0. The molecule has 1 aromatic carbocycles. The van der Waals surface area contributed by atoms with Crippen LogP contribution in [0.15, 0.2) is 34.9 Å². The number of halogens is 2. The Morgan fingerprint density at radius 2 is 2.10 bits per heavy atom. The molecule has 0 amide bonds. The Hall–Kier alpha value is -1.95. The summed E-state index contributed by atoms with van der Waals surface area (Å²) in [6.45, 7) is 1.82. The van der Waals surface area contributed by atoms with Crippen LogP contribution in [0.4, 0.5) is 4.39 Å². The lowest BCUT2D eigenvalue weighted by molar-refractivity contribution is 0.0595. The van der Waals surface area contributed by atoms with Gasteiger partial charge in [-0.2, -0.15) is 0 Å². The zero-order valence-electron chi connectivity index (χ0n) is 10.8. The molecule has 1 heterocycles. The minimum absolute atomic E-state index is 0.0647. The number of methoxy groups -OCH3 is 1. The summed E-state index contributed by atoms with van der Waals surface area (Å²) in [4.78, 5) is 15.4. The summed E-state index contributed by atoms with van der Waals surface area (Å²) < 4.78 is 24.2. The maximum atomic E-state index is 14.0. The molecule has 4 nitrogen and oxygen atoms in total. The number of aryl methyl sites for hydroxylation is 1. The zero-order valence-corrected chi connectivity index (χ0v) is 12.4. The van der Waals surface area contributed by atoms with Gasteiger partial charge in [-0.05, 0) is 41.1 Å². The predicted molar refractivity (Wildman–Crippen MR) is 74.5 cm³/mol. The van der Waals surface area contributed by atoms with Crippen molar-refractivity contribution in [2.75, 3.05) is 7.11 Å². The third-order valence-corrected chi connectivity index (χ3v) is 3.29. The summed E-state index contributed by atoms with van der Waals surface area (Å²) in [7, 11) is 1.19. The van der Waals surface area contributed by atoms with Gasteiger partial charge in [0.15, 0.2) is 5.82 Å². The van der Waals surface area contributed by atoms with Crippen LogP contribution in [0.25, 0.3) is 0 Å². The minimum atomic E-state index is -0.741. The molecule has 104 valence electrons. The van der Waals surface area contributed by atoms with Crippen LogP contribution in [0.1, 0.15) is 16.1 Å². The van der Waals surface area contributed by atoms with Crippen molar-refractivity contribution >= 4 is 21.9 Å². The molecule has 0 fully saturated rings. The quantitative estimate of drug-likeness (QED) is 0.796. The SMILES string of the molecule is COC(=O)c1ccc(Oc2ccnc(C)c2)c(Br)c1F. The van der Waals surface area contributed by atoms with Gasteiger partial charge in [-0.3, -0.25) is 4.98 Å². The normalized spacial score (nSPS) is 10.2. The summed E-state index contributed by atoms with van der Waals surface area (Å²) in [6, 6.07) is 6.19. The molecule has 0 N–H and O–H groups in total. The number of carbonyl (C=O) groups excluding carboxylic acids is 1. The maximum Gasteiger partial charge on any atom is 0.340 e. The lowest BCUT2D eigenvalue weighted by Crippen LogP contribution is -2.05. The highest BCUT2D eigenvalue weighted by Gasteiger charge is 2.18. The second-order valence-corrected chi connectivity index (χ2v) is 4.76. The number of hydrogen-bond donors (Lipinski definition) is 0. The van der Waals surface area contributed by atoms with Crippen molar-refractivity contribution in [1.82, 2.24) is 4.98 Å². The smallest absolute Gasteiger partial charge is 0.340 e. The molecule has 0 radical (unpaired) electrons. The summed E-state index contributed by atoms with van der Waals surface area (Å²) in [6.07, 6.45) is 1.59. The molecule has 0 aliphatic rings. The highest BCUT2D eigenvalue weighted by Crippen LogP contribution is 2.33. The van der Waals surface area contributed by atoms with E-state index >= 15 is 0 Å². The van der Waals surface area contributed by atoms with Gasteiger partial charge in [0.2, 0.25) is 0 Å². The fraction of sp³-hybridized carbons (Fsp3) is 0.143. The fourth-order valence-corrected chi connectivity index (χ4v) is 2.01. The Bertz CT molecular complexity index is 661. The summed E-state index contributed by atoms with van der Waals surface area (Å²) in [5.41, 5.74) is 0.628. The van der Waals surface area contributed by atoms with E-state index in [1.807, 2.05) is 6.92 Å². The number of hydrogen-bond acceptors (Lipinski definition) is 4. The van der Waals surface area contributed by atoms with E-state index in [1.165, 1.54) is 19.2 Å². The number of esters is 1. The van der Waals surface area contributed by atoms with Crippen LogP contribution >= 0.6 is 15.9 Å². The molecular weight excluding hydrogens is 329 g/mol. The van der Waals surface area contributed by atoms with Crippen molar-refractivity contribution < 1.29 is 18.7 Å². The van der Waals surface area contributed by atoms with E-state index in [-0.39, 0.29) is 15.8 Å². The number of pyridine rings is 1. The van der Waals surface area contributed by atoms with Crippen molar-refractivity contribution in [2.45, 2.75) is 6.92 Å². The average Bonchev–Trinajstić information content (AvgIpc) is 2.43. The van der Waals surface area contributed by atoms with Gasteiger partial charge in [0.1, 0.15) is 11.5 Å². The Labute approximate surface area is 123 Å². The zero-order chi connectivity index (χ0) is 14.7. The Morgan fingerprint density at radius 3 is 2.75 bits per heavy atom. The van der Waals surface area contributed by atoms with Crippen molar-refractivity contribution in [1.29, 1.82) is 0 Å².